The number of pyridine rings is 1. The minimum atomic E-state index is -0.816. The van der Waals surface area contributed by atoms with E-state index >= 15 is 0 Å². The monoisotopic (exact) mass is 555 g/mol. The van der Waals surface area contributed by atoms with E-state index in [2.05, 4.69) is 39.0 Å². The summed E-state index contributed by atoms with van der Waals surface area (Å²) < 4.78 is 14.2. The lowest BCUT2D eigenvalue weighted by Gasteiger charge is -2.21. The van der Waals surface area contributed by atoms with Crippen LogP contribution in [0.2, 0.25) is 0 Å². The van der Waals surface area contributed by atoms with E-state index in [9.17, 15) is 9.59 Å². The number of methoxy groups -OCH3 is 1. The fraction of sp³-hybridized carbons (Fsp3) is 0.371. The summed E-state index contributed by atoms with van der Waals surface area (Å²) in [6.07, 6.45) is 6.93. The van der Waals surface area contributed by atoms with E-state index in [1.807, 2.05) is 59.1 Å². The van der Waals surface area contributed by atoms with Gasteiger partial charge in [-0.25, -0.2) is 0 Å². The summed E-state index contributed by atoms with van der Waals surface area (Å²) in [6, 6.07) is 21.4. The molecule has 0 amide bonds. The summed E-state index contributed by atoms with van der Waals surface area (Å²) in [5, 5.41) is 9.02. The number of nitrogens with zero attached hydrogens (tertiary/aromatic N) is 1. The fourth-order valence-corrected chi connectivity index (χ4v) is 5.28. The van der Waals surface area contributed by atoms with Gasteiger partial charge in [-0.3, -0.25) is 9.59 Å². The van der Waals surface area contributed by atoms with Crippen molar-refractivity contribution in [2.45, 2.75) is 71.8 Å². The zero-order valence-corrected chi connectivity index (χ0v) is 24.6. The molecule has 0 saturated heterocycles. The average Bonchev–Trinajstić information content (AvgIpc) is 3.33. The number of aromatic nitrogens is 1. The van der Waals surface area contributed by atoms with E-state index in [0.29, 0.717) is 35.6 Å². The first-order valence-electron chi connectivity index (χ1n) is 14.6. The lowest BCUT2D eigenvalue weighted by atomic mass is 9.97. The summed E-state index contributed by atoms with van der Waals surface area (Å²) in [5.74, 6) is 1.26. The first-order valence-corrected chi connectivity index (χ1v) is 14.6. The fourth-order valence-electron chi connectivity index (χ4n) is 5.28. The molecule has 216 valence electrons. The Hall–Kier alpha value is -4.06. The Morgan fingerprint density at radius 1 is 0.976 bits per heavy atom. The van der Waals surface area contributed by atoms with Crippen LogP contribution in [0.15, 0.2) is 72.9 Å². The topological polar surface area (TPSA) is 77.2 Å². The molecule has 2 aromatic heterocycles. The molecule has 0 radical (unpaired) electrons. The average molecular weight is 556 g/mol. The maximum Gasteiger partial charge on any atom is 0.303 e. The highest BCUT2D eigenvalue weighted by atomic mass is 16.5. The van der Waals surface area contributed by atoms with Crippen LogP contribution in [0.1, 0.15) is 91.7 Å². The van der Waals surface area contributed by atoms with Crippen LogP contribution in [-0.4, -0.2) is 28.4 Å². The van der Waals surface area contributed by atoms with Crippen molar-refractivity contribution in [1.82, 2.24) is 4.40 Å². The Labute approximate surface area is 242 Å². The molecule has 0 spiro atoms. The highest BCUT2D eigenvalue weighted by molar-refractivity contribution is 6.13. The summed E-state index contributed by atoms with van der Waals surface area (Å²) in [6.45, 7) is 6.58. The normalized spacial score (nSPS) is 12.0. The van der Waals surface area contributed by atoms with Gasteiger partial charge in [0.25, 0.3) is 0 Å². The van der Waals surface area contributed by atoms with Gasteiger partial charge in [-0.2, -0.15) is 0 Å². The molecule has 4 aromatic rings. The van der Waals surface area contributed by atoms with Crippen LogP contribution in [0.25, 0.3) is 5.52 Å². The molecule has 2 aromatic carbocycles. The Kier molecular flexibility index (Phi) is 10.2. The zero-order chi connectivity index (χ0) is 29.4. The first-order chi connectivity index (χ1) is 19.8. The van der Waals surface area contributed by atoms with Crippen molar-refractivity contribution in [3.63, 3.8) is 0 Å². The Balaban J connectivity index is 1.54. The second-order valence-electron chi connectivity index (χ2n) is 11.0. The number of hydrogen-bond acceptors (Lipinski definition) is 4. The minimum absolute atomic E-state index is 0.0715. The lowest BCUT2D eigenvalue weighted by Crippen LogP contribution is -2.09. The molecular formula is C35H41NO5. The molecule has 2 heterocycles. The van der Waals surface area contributed by atoms with Gasteiger partial charge < -0.3 is 19.0 Å². The third-order valence-corrected chi connectivity index (χ3v) is 7.35. The number of unbranched alkanes of at least 4 members (excludes halogenated alkanes) is 1. The molecule has 0 fully saturated rings. The van der Waals surface area contributed by atoms with E-state index in [1.165, 1.54) is 5.56 Å². The number of carbonyl (C=O) groups excluding carboxylic acids is 1. The number of carbonyl (C=O) groups is 2. The molecule has 0 saturated carbocycles. The molecule has 1 atom stereocenters. The van der Waals surface area contributed by atoms with E-state index in [0.717, 1.165) is 48.2 Å². The Morgan fingerprint density at radius 3 is 2.44 bits per heavy atom. The molecule has 0 aliphatic rings. The van der Waals surface area contributed by atoms with Crippen LogP contribution in [-0.2, 0) is 17.6 Å². The SMILES string of the molecule is CCCCC(Oc1ccc(C(=O)c2cc(CCCC(=O)O)n3ccccc23)cc1)c1ccc(CC(C)C)c(OC)c1. The largest absolute Gasteiger partial charge is 0.496 e. The number of hydrogen-bond donors (Lipinski definition) is 1. The van der Waals surface area contributed by atoms with Gasteiger partial charge >= 0.3 is 5.97 Å². The van der Waals surface area contributed by atoms with Crippen molar-refractivity contribution in [2.75, 3.05) is 7.11 Å². The number of rotatable bonds is 15. The predicted molar refractivity (Wildman–Crippen MR) is 162 cm³/mol. The number of aliphatic carboxylic acids is 1. The number of benzene rings is 2. The first kappa shape index (κ1) is 29.9. The van der Waals surface area contributed by atoms with Crippen molar-refractivity contribution < 1.29 is 24.2 Å². The van der Waals surface area contributed by atoms with Crippen LogP contribution < -0.4 is 9.47 Å². The number of aryl methyl sites for hydroxylation is 1. The standard InChI is InChI=1S/C35H41NO5/c1-5-6-12-32(27-15-14-26(21-24(2)3)33(22-27)40-4)41-29-18-16-25(17-19-29)35(39)30-23-28(10-9-13-34(37)38)36-20-8-7-11-31(30)36/h7-8,11,14-20,22-24,32H,5-6,9-10,12-13,21H2,1-4H3,(H,37,38). The summed E-state index contributed by atoms with van der Waals surface area (Å²) in [5.41, 5.74) is 5.22. The van der Waals surface area contributed by atoms with Crippen molar-refractivity contribution >= 4 is 17.3 Å². The van der Waals surface area contributed by atoms with Gasteiger partial charge in [0.05, 0.1) is 12.6 Å². The molecule has 0 aliphatic carbocycles. The molecule has 6 heteroatoms. The summed E-state index contributed by atoms with van der Waals surface area (Å²) in [7, 11) is 1.72. The molecule has 6 nitrogen and oxygen atoms in total. The molecule has 41 heavy (non-hydrogen) atoms. The van der Waals surface area contributed by atoms with Gasteiger partial charge in [0.1, 0.15) is 17.6 Å². The van der Waals surface area contributed by atoms with Gasteiger partial charge in [-0.1, -0.05) is 45.4 Å². The summed E-state index contributed by atoms with van der Waals surface area (Å²) >= 11 is 0. The van der Waals surface area contributed by atoms with Crippen molar-refractivity contribution in [3.8, 4) is 11.5 Å². The predicted octanol–water partition coefficient (Wildman–Crippen LogP) is 8.10. The van der Waals surface area contributed by atoms with E-state index < -0.39 is 5.97 Å². The second-order valence-corrected chi connectivity index (χ2v) is 11.0. The van der Waals surface area contributed by atoms with Crippen LogP contribution in [0, 0.1) is 5.92 Å². The Bertz CT molecular complexity index is 1470. The van der Waals surface area contributed by atoms with Crippen LogP contribution >= 0.6 is 0 Å². The molecule has 0 aliphatic heterocycles. The van der Waals surface area contributed by atoms with Crippen LogP contribution in [0.4, 0.5) is 0 Å². The van der Waals surface area contributed by atoms with Crippen molar-refractivity contribution in [2.24, 2.45) is 5.92 Å². The maximum absolute atomic E-state index is 13.6. The highest BCUT2D eigenvalue weighted by Crippen LogP contribution is 2.32. The minimum Gasteiger partial charge on any atom is -0.496 e. The molecule has 1 unspecified atom stereocenters. The Morgan fingerprint density at radius 2 is 1.76 bits per heavy atom. The highest BCUT2D eigenvalue weighted by Gasteiger charge is 2.19. The van der Waals surface area contributed by atoms with Gasteiger partial charge in [-0.05, 0) is 97.7 Å². The lowest BCUT2D eigenvalue weighted by molar-refractivity contribution is -0.137. The molecule has 4 rings (SSSR count). The number of carboxylic acid groups (broad SMARTS) is 1. The smallest absolute Gasteiger partial charge is 0.303 e. The molecule has 1 N–H and O–H groups in total. The summed E-state index contributed by atoms with van der Waals surface area (Å²) in [4.78, 5) is 24.5. The maximum atomic E-state index is 13.6. The number of ether oxygens (including phenoxy) is 2. The van der Waals surface area contributed by atoms with Gasteiger partial charge in [0, 0.05) is 29.4 Å². The zero-order valence-electron chi connectivity index (χ0n) is 24.6. The quantitative estimate of drug-likeness (QED) is 0.150. The third-order valence-electron chi connectivity index (χ3n) is 7.35. The van der Waals surface area contributed by atoms with Crippen LogP contribution in [0.5, 0.6) is 11.5 Å². The van der Waals surface area contributed by atoms with E-state index in [1.54, 1.807) is 7.11 Å². The second kappa shape index (κ2) is 14.0. The van der Waals surface area contributed by atoms with Crippen molar-refractivity contribution in [3.05, 3.63) is 101 Å². The third kappa shape index (κ3) is 7.57. The van der Waals surface area contributed by atoms with Crippen molar-refractivity contribution in [1.29, 1.82) is 0 Å². The van der Waals surface area contributed by atoms with Gasteiger partial charge in [-0.15, -0.1) is 0 Å². The number of carboxylic acids is 1. The molecule has 0 bridgehead atoms. The van der Waals surface area contributed by atoms with E-state index in [4.69, 9.17) is 14.6 Å². The van der Waals surface area contributed by atoms with Gasteiger partial charge in [0.15, 0.2) is 5.78 Å². The van der Waals surface area contributed by atoms with E-state index in [-0.39, 0.29) is 18.3 Å². The van der Waals surface area contributed by atoms with Crippen LogP contribution in [0.3, 0.4) is 0 Å². The number of ketones is 1. The molecular weight excluding hydrogens is 514 g/mol. The van der Waals surface area contributed by atoms with Gasteiger partial charge in [0.2, 0.25) is 0 Å². The number of fused-ring (bicyclic) bond motifs is 1.